The van der Waals surface area contributed by atoms with Gasteiger partial charge < -0.3 is 25.2 Å². The van der Waals surface area contributed by atoms with Gasteiger partial charge in [-0.25, -0.2) is 9.36 Å². The van der Waals surface area contributed by atoms with Crippen LogP contribution in [-0.2, 0) is 32.7 Å². The Morgan fingerprint density at radius 2 is 0.920 bits per heavy atom. The number of esters is 1. The summed E-state index contributed by atoms with van der Waals surface area (Å²) in [5.41, 5.74) is 0. The molecule has 4 N–H and O–H groups in total. The number of carboxylic acids is 1. The van der Waals surface area contributed by atoms with Gasteiger partial charge in [0.2, 0.25) is 5.91 Å². The Bertz CT molecular complexity index is 875. The monoisotopic (exact) mass is 736 g/mol. The van der Waals surface area contributed by atoms with Crippen LogP contribution < -0.4 is 5.32 Å². The Morgan fingerprint density at radius 3 is 1.34 bits per heavy atom. The van der Waals surface area contributed by atoms with Crippen molar-refractivity contribution in [2.75, 3.05) is 19.8 Å². The van der Waals surface area contributed by atoms with Crippen molar-refractivity contribution < 1.29 is 47.8 Å². The first-order valence-corrected chi connectivity index (χ1v) is 21.6. The number of unbranched alkanes of at least 4 members (excludes halogenated alkanes) is 24. The molecule has 296 valence electrons. The number of phosphoric ester groups is 1. The van der Waals surface area contributed by atoms with E-state index in [1.165, 1.54) is 122 Å². The number of phosphoric acid groups is 1. The molecule has 0 aliphatic carbocycles. The Labute approximate surface area is 304 Å². The van der Waals surface area contributed by atoms with E-state index in [4.69, 9.17) is 9.26 Å². The summed E-state index contributed by atoms with van der Waals surface area (Å²) in [7, 11) is -4.73. The van der Waals surface area contributed by atoms with Gasteiger partial charge in [0.1, 0.15) is 12.7 Å². The van der Waals surface area contributed by atoms with E-state index in [1.54, 1.807) is 0 Å². The summed E-state index contributed by atoms with van der Waals surface area (Å²) < 4.78 is 26.4. The number of aliphatic hydroxyl groups is 1. The summed E-state index contributed by atoms with van der Waals surface area (Å²) >= 11 is 0. The van der Waals surface area contributed by atoms with Crippen LogP contribution in [0.4, 0.5) is 0 Å². The quantitative estimate of drug-likeness (QED) is 0.0272. The fourth-order valence-electron chi connectivity index (χ4n) is 5.73. The maximum absolute atomic E-state index is 12.3. The SMILES string of the molecule is CCCCCCCCCCCCCCCCCCCCCCCCCC(=O)NC(COP(=O)(O)OCC(O)COC(=O)CCCCC)C(=O)O. The number of rotatable bonds is 38. The van der Waals surface area contributed by atoms with Crippen molar-refractivity contribution in [3.63, 3.8) is 0 Å². The Morgan fingerprint density at radius 1 is 0.560 bits per heavy atom. The highest BCUT2D eigenvalue weighted by molar-refractivity contribution is 7.47. The Balaban J connectivity index is 3.74. The number of aliphatic carboxylic acids is 1. The van der Waals surface area contributed by atoms with Crippen molar-refractivity contribution in [2.24, 2.45) is 0 Å². The topological polar surface area (TPSA) is 169 Å². The molecule has 1 amide bonds. The second-order valence-corrected chi connectivity index (χ2v) is 15.3. The van der Waals surface area contributed by atoms with Gasteiger partial charge in [-0.3, -0.25) is 18.6 Å². The highest BCUT2D eigenvalue weighted by atomic mass is 31.2. The molecule has 0 rings (SSSR count). The molecule has 0 bridgehead atoms. The standard InChI is InChI=1S/C38H74NO10P/c1-3-5-7-8-9-10-11-12-13-14-15-16-17-18-19-20-21-22-23-24-25-26-28-29-36(41)39-35(38(43)44)33-49-50(45,46)48-32-34(40)31-47-37(42)30-27-6-4-2/h34-35,40H,3-33H2,1-2H3,(H,39,41)(H,43,44)(H,45,46). The zero-order valence-electron chi connectivity index (χ0n) is 31.7. The predicted molar refractivity (Wildman–Crippen MR) is 199 cm³/mol. The van der Waals surface area contributed by atoms with Gasteiger partial charge in [-0.2, -0.15) is 0 Å². The van der Waals surface area contributed by atoms with Gasteiger partial charge in [0.05, 0.1) is 13.2 Å². The van der Waals surface area contributed by atoms with Crippen LogP contribution in [0.2, 0.25) is 0 Å². The van der Waals surface area contributed by atoms with E-state index in [0.29, 0.717) is 12.8 Å². The molecule has 0 aliphatic rings. The summed E-state index contributed by atoms with van der Waals surface area (Å²) in [6.07, 6.45) is 31.0. The third-order valence-corrected chi connectivity index (χ3v) is 9.85. The molecule has 0 aromatic heterocycles. The van der Waals surface area contributed by atoms with Gasteiger partial charge in [0.25, 0.3) is 0 Å². The van der Waals surface area contributed by atoms with E-state index >= 15 is 0 Å². The van der Waals surface area contributed by atoms with Crippen molar-refractivity contribution in [2.45, 2.75) is 206 Å². The Hall–Kier alpha value is -1.52. The van der Waals surface area contributed by atoms with Gasteiger partial charge >= 0.3 is 19.8 Å². The molecule has 0 radical (unpaired) electrons. The molecule has 12 heteroatoms. The third-order valence-electron chi connectivity index (χ3n) is 8.90. The molecule has 0 spiro atoms. The Kier molecular flexibility index (Phi) is 33.5. The zero-order valence-corrected chi connectivity index (χ0v) is 32.6. The van der Waals surface area contributed by atoms with Crippen molar-refractivity contribution in [1.82, 2.24) is 5.32 Å². The van der Waals surface area contributed by atoms with Crippen LogP contribution in [0, 0.1) is 0 Å². The highest BCUT2D eigenvalue weighted by Crippen LogP contribution is 2.43. The number of amides is 1. The molecule has 0 saturated carbocycles. The second-order valence-electron chi connectivity index (χ2n) is 13.8. The maximum atomic E-state index is 12.3. The first-order chi connectivity index (χ1) is 24.1. The second kappa shape index (κ2) is 34.6. The largest absolute Gasteiger partial charge is 0.480 e. The van der Waals surface area contributed by atoms with Gasteiger partial charge in [-0.1, -0.05) is 168 Å². The molecule has 3 unspecified atom stereocenters. The van der Waals surface area contributed by atoms with Crippen LogP contribution in [0.5, 0.6) is 0 Å². The number of carbonyl (C=O) groups is 3. The normalized spacial score (nSPS) is 13.8. The van der Waals surface area contributed by atoms with Crippen molar-refractivity contribution in [3.8, 4) is 0 Å². The minimum absolute atomic E-state index is 0.152. The minimum Gasteiger partial charge on any atom is -0.480 e. The van der Waals surface area contributed by atoms with E-state index in [2.05, 4.69) is 16.8 Å². The van der Waals surface area contributed by atoms with Crippen LogP contribution in [0.1, 0.15) is 194 Å². The molecule has 50 heavy (non-hydrogen) atoms. The lowest BCUT2D eigenvalue weighted by Crippen LogP contribution is -2.43. The van der Waals surface area contributed by atoms with Crippen LogP contribution in [0.15, 0.2) is 0 Å². The first-order valence-electron chi connectivity index (χ1n) is 20.1. The molecule has 0 heterocycles. The molecule has 0 aliphatic heterocycles. The number of hydrogen-bond donors (Lipinski definition) is 4. The van der Waals surface area contributed by atoms with Crippen LogP contribution in [0.3, 0.4) is 0 Å². The number of hydrogen-bond acceptors (Lipinski definition) is 8. The lowest BCUT2D eigenvalue weighted by Gasteiger charge is -2.18. The van der Waals surface area contributed by atoms with Gasteiger partial charge in [0.15, 0.2) is 6.04 Å². The number of carboxylic acid groups (broad SMARTS) is 1. The average molecular weight is 736 g/mol. The molecule has 3 atom stereocenters. The van der Waals surface area contributed by atoms with E-state index in [1.807, 2.05) is 6.92 Å². The van der Waals surface area contributed by atoms with Crippen LogP contribution in [-0.4, -0.2) is 64.9 Å². The van der Waals surface area contributed by atoms with Gasteiger partial charge in [-0.05, 0) is 12.8 Å². The van der Waals surface area contributed by atoms with E-state index in [-0.39, 0.29) is 12.8 Å². The highest BCUT2D eigenvalue weighted by Gasteiger charge is 2.28. The molecular weight excluding hydrogens is 661 g/mol. The predicted octanol–water partition coefficient (Wildman–Crippen LogP) is 9.56. The number of nitrogens with one attached hydrogen (secondary N) is 1. The summed E-state index contributed by atoms with van der Waals surface area (Å²) in [4.78, 5) is 45.2. The molecule has 0 aromatic carbocycles. The smallest absolute Gasteiger partial charge is 0.472 e. The van der Waals surface area contributed by atoms with Crippen molar-refractivity contribution in [3.05, 3.63) is 0 Å². The van der Waals surface area contributed by atoms with Crippen molar-refractivity contribution in [1.29, 1.82) is 0 Å². The minimum atomic E-state index is -4.73. The average Bonchev–Trinajstić information content (AvgIpc) is 3.08. The lowest BCUT2D eigenvalue weighted by atomic mass is 10.0. The molecular formula is C38H74NO10P. The molecule has 0 saturated heterocycles. The number of carbonyl (C=O) groups excluding carboxylic acids is 2. The summed E-state index contributed by atoms with van der Waals surface area (Å²) in [5, 5.41) is 21.6. The molecule has 0 aromatic rings. The fourth-order valence-corrected chi connectivity index (χ4v) is 6.50. The molecule has 0 fully saturated rings. The third kappa shape index (κ3) is 33.6. The summed E-state index contributed by atoms with van der Waals surface area (Å²) in [6, 6.07) is -1.54. The van der Waals surface area contributed by atoms with Crippen LogP contribution in [0.25, 0.3) is 0 Å². The first kappa shape index (κ1) is 48.5. The summed E-state index contributed by atoms with van der Waals surface area (Å²) in [6.45, 7) is 2.39. The zero-order chi connectivity index (χ0) is 37.1. The van der Waals surface area contributed by atoms with E-state index in [9.17, 15) is 34.1 Å². The number of ether oxygens (including phenoxy) is 1. The van der Waals surface area contributed by atoms with Gasteiger partial charge in [-0.15, -0.1) is 0 Å². The van der Waals surface area contributed by atoms with E-state index in [0.717, 1.165) is 32.1 Å². The summed E-state index contributed by atoms with van der Waals surface area (Å²) in [5.74, 6) is -2.39. The lowest BCUT2D eigenvalue weighted by molar-refractivity contribution is -0.147. The van der Waals surface area contributed by atoms with E-state index < -0.39 is 57.6 Å². The van der Waals surface area contributed by atoms with Crippen molar-refractivity contribution >= 4 is 25.7 Å². The maximum Gasteiger partial charge on any atom is 0.472 e. The fraction of sp³-hybridized carbons (Fsp3) is 0.921. The van der Waals surface area contributed by atoms with Gasteiger partial charge in [0, 0.05) is 12.8 Å². The van der Waals surface area contributed by atoms with Crippen LogP contribution >= 0.6 is 7.82 Å². The number of aliphatic hydroxyl groups excluding tert-OH is 1. The molecule has 11 nitrogen and oxygen atoms in total.